The summed E-state index contributed by atoms with van der Waals surface area (Å²) in [5.74, 6) is -2.14. The van der Waals surface area contributed by atoms with Crippen LogP contribution in [0.25, 0.3) is 0 Å². The molecule has 0 heterocycles. The second kappa shape index (κ2) is 5.80. The van der Waals surface area contributed by atoms with E-state index in [1.807, 2.05) is 0 Å². The van der Waals surface area contributed by atoms with Gasteiger partial charge in [0.2, 0.25) is 5.91 Å². The van der Waals surface area contributed by atoms with Gasteiger partial charge < -0.3 is 4.90 Å². The van der Waals surface area contributed by atoms with Crippen LogP contribution < -0.4 is 0 Å². The Balaban J connectivity index is 2.78. The van der Waals surface area contributed by atoms with E-state index >= 15 is 0 Å². The molecular formula is C11H12ClF2NO. The summed E-state index contributed by atoms with van der Waals surface area (Å²) >= 11 is 5.42. The molecule has 88 valence electrons. The van der Waals surface area contributed by atoms with E-state index in [0.29, 0.717) is 12.1 Å². The molecule has 0 unspecified atom stereocenters. The van der Waals surface area contributed by atoms with Crippen molar-refractivity contribution in [3.05, 3.63) is 35.4 Å². The van der Waals surface area contributed by atoms with E-state index < -0.39 is 11.6 Å². The predicted molar refractivity (Wildman–Crippen MR) is 58.2 cm³/mol. The largest absolute Gasteiger partial charge is 0.338 e. The Hall–Kier alpha value is -1.16. The van der Waals surface area contributed by atoms with Crippen molar-refractivity contribution < 1.29 is 13.6 Å². The number of carbonyl (C=O) groups is 1. The standard InChI is InChI=1S/C11H12ClF2NO/c1-2-15(11(16)6-12)7-8-3-4-9(13)10(14)5-8/h3-5H,2,6-7H2,1H3. The van der Waals surface area contributed by atoms with E-state index in [2.05, 4.69) is 0 Å². The van der Waals surface area contributed by atoms with Crippen LogP contribution in [0.1, 0.15) is 12.5 Å². The zero-order valence-electron chi connectivity index (χ0n) is 8.84. The Bertz CT molecular complexity index is 384. The fraction of sp³-hybridized carbons (Fsp3) is 0.364. The molecule has 1 aromatic rings. The lowest BCUT2D eigenvalue weighted by Gasteiger charge is -2.19. The highest BCUT2D eigenvalue weighted by molar-refractivity contribution is 6.27. The van der Waals surface area contributed by atoms with Crippen LogP contribution in [0, 0.1) is 11.6 Å². The van der Waals surface area contributed by atoms with Gasteiger partial charge in [-0.15, -0.1) is 11.6 Å². The van der Waals surface area contributed by atoms with Crippen molar-refractivity contribution in [1.82, 2.24) is 4.90 Å². The van der Waals surface area contributed by atoms with Gasteiger partial charge in [0.05, 0.1) is 0 Å². The van der Waals surface area contributed by atoms with Crippen molar-refractivity contribution in [2.24, 2.45) is 0 Å². The van der Waals surface area contributed by atoms with Gasteiger partial charge in [-0.1, -0.05) is 6.07 Å². The van der Waals surface area contributed by atoms with Gasteiger partial charge in [-0.25, -0.2) is 8.78 Å². The van der Waals surface area contributed by atoms with Crippen LogP contribution in [0.5, 0.6) is 0 Å². The Labute approximate surface area is 97.8 Å². The van der Waals surface area contributed by atoms with Crippen LogP contribution >= 0.6 is 11.6 Å². The van der Waals surface area contributed by atoms with Gasteiger partial charge in [0, 0.05) is 13.1 Å². The van der Waals surface area contributed by atoms with Crippen LogP contribution in [0.2, 0.25) is 0 Å². The second-order valence-corrected chi connectivity index (χ2v) is 3.56. The number of amides is 1. The van der Waals surface area contributed by atoms with Gasteiger partial charge in [-0.05, 0) is 24.6 Å². The van der Waals surface area contributed by atoms with Crippen molar-refractivity contribution in [2.75, 3.05) is 12.4 Å². The summed E-state index contributed by atoms with van der Waals surface area (Å²) in [6.45, 7) is 2.51. The lowest BCUT2D eigenvalue weighted by atomic mass is 10.2. The number of rotatable bonds is 4. The molecule has 0 fully saturated rings. The quantitative estimate of drug-likeness (QED) is 0.749. The molecule has 0 saturated carbocycles. The first-order chi connectivity index (χ1) is 7.58. The molecule has 0 saturated heterocycles. The molecule has 1 amide bonds. The Morgan fingerprint density at radius 1 is 1.38 bits per heavy atom. The van der Waals surface area contributed by atoms with Gasteiger partial charge in [0.1, 0.15) is 5.88 Å². The van der Waals surface area contributed by atoms with Gasteiger partial charge in [0.15, 0.2) is 11.6 Å². The summed E-state index contributed by atoms with van der Waals surface area (Å²) in [6, 6.07) is 3.58. The second-order valence-electron chi connectivity index (χ2n) is 3.29. The molecule has 0 spiro atoms. The van der Waals surface area contributed by atoms with Crippen molar-refractivity contribution in [3.8, 4) is 0 Å². The molecule has 0 atom stereocenters. The summed E-state index contributed by atoms with van der Waals surface area (Å²) < 4.78 is 25.6. The maximum Gasteiger partial charge on any atom is 0.237 e. The minimum atomic E-state index is -0.910. The van der Waals surface area contributed by atoms with Crippen molar-refractivity contribution in [2.45, 2.75) is 13.5 Å². The van der Waals surface area contributed by atoms with E-state index in [4.69, 9.17) is 11.6 Å². The highest BCUT2D eigenvalue weighted by atomic mass is 35.5. The van der Waals surface area contributed by atoms with Crippen LogP contribution in [-0.4, -0.2) is 23.2 Å². The Morgan fingerprint density at radius 3 is 2.56 bits per heavy atom. The molecule has 0 aliphatic heterocycles. The van der Waals surface area contributed by atoms with Gasteiger partial charge in [0.25, 0.3) is 0 Å². The molecule has 0 aromatic heterocycles. The topological polar surface area (TPSA) is 20.3 Å². The van der Waals surface area contributed by atoms with Crippen molar-refractivity contribution in [1.29, 1.82) is 0 Å². The molecule has 16 heavy (non-hydrogen) atoms. The first-order valence-corrected chi connectivity index (χ1v) is 5.39. The van der Waals surface area contributed by atoms with E-state index in [1.54, 1.807) is 6.92 Å². The molecule has 1 rings (SSSR count). The SMILES string of the molecule is CCN(Cc1ccc(F)c(F)c1)C(=O)CCl. The zero-order chi connectivity index (χ0) is 12.1. The maximum atomic E-state index is 12.9. The maximum absolute atomic E-state index is 12.9. The van der Waals surface area contributed by atoms with E-state index in [-0.39, 0.29) is 18.3 Å². The lowest BCUT2D eigenvalue weighted by Crippen LogP contribution is -2.31. The highest BCUT2D eigenvalue weighted by Gasteiger charge is 2.11. The number of hydrogen-bond donors (Lipinski definition) is 0. The van der Waals surface area contributed by atoms with Crippen LogP contribution in [0.4, 0.5) is 8.78 Å². The number of benzene rings is 1. The normalized spacial score (nSPS) is 10.2. The first-order valence-electron chi connectivity index (χ1n) is 4.86. The predicted octanol–water partition coefficient (Wildman–Crippen LogP) is 2.55. The fourth-order valence-corrected chi connectivity index (χ4v) is 1.49. The van der Waals surface area contributed by atoms with Gasteiger partial charge in [-0.3, -0.25) is 4.79 Å². The molecule has 0 aliphatic rings. The number of halogens is 3. The monoisotopic (exact) mass is 247 g/mol. The third-order valence-electron chi connectivity index (χ3n) is 2.21. The number of carbonyl (C=O) groups excluding carboxylic acids is 1. The Kier molecular flexibility index (Phi) is 4.68. The van der Waals surface area contributed by atoms with Crippen molar-refractivity contribution in [3.63, 3.8) is 0 Å². The summed E-state index contributed by atoms with van der Waals surface area (Å²) in [5, 5.41) is 0. The van der Waals surface area contributed by atoms with Gasteiger partial charge >= 0.3 is 0 Å². The average Bonchev–Trinajstić information content (AvgIpc) is 2.29. The molecule has 0 N–H and O–H groups in total. The van der Waals surface area contributed by atoms with Crippen LogP contribution in [0.15, 0.2) is 18.2 Å². The van der Waals surface area contributed by atoms with E-state index in [9.17, 15) is 13.6 Å². The minimum Gasteiger partial charge on any atom is -0.338 e. The third-order valence-corrected chi connectivity index (χ3v) is 2.43. The summed E-state index contributed by atoms with van der Waals surface area (Å²) in [7, 11) is 0. The molecule has 0 aliphatic carbocycles. The molecule has 2 nitrogen and oxygen atoms in total. The number of alkyl halides is 1. The fourth-order valence-electron chi connectivity index (χ4n) is 1.32. The first kappa shape index (κ1) is 12.9. The molecule has 5 heteroatoms. The molecule has 0 radical (unpaired) electrons. The van der Waals surface area contributed by atoms with Crippen LogP contribution in [0.3, 0.4) is 0 Å². The molecular weight excluding hydrogens is 236 g/mol. The summed E-state index contributed by atoms with van der Waals surface area (Å²) in [5.41, 5.74) is 0.541. The number of nitrogens with zero attached hydrogens (tertiary/aromatic N) is 1. The van der Waals surface area contributed by atoms with Crippen molar-refractivity contribution >= 4 is 17.5 Å². The summed E-state index contributed by atoms with van der Waals surface area (Å²) in [4.78, 5) is 12.8. The van der Waals surface area contributed by atoms with Crippen LogP contribution in [-0.2, 0) is 11.3 Å². The van der Waals surface area contributed by atoms with Gasteiger partial charge in [-0.2, -0.15) is 0 Å². The smallest absolute Gasteiger partial charge is 0.237 e. The lowest BCUT2D eigenvalue weighted by molar-refractivity contribution is -0.128. The summed E-state index contributed by atoms with van der Waals surface area (Å²) in [6.07, 6.45) is 0. The molecule has 1 aromatic carbocycles. The minimum absolute atomic E-state index is 0.114. The molecule has 0 bridgehead atoms. The van der Waals surface area contributed by atoms with E-state index in [1.165, 1.54) is 11.0 Å². The average molecular weight is 248 g/mol. The number of hydrogen-bond acceptors (Lipinski definition) is 1. The Morgan fingerprint density at radius 2 is 2.06 bits per heavy atom. The zero-order valence-corrected chi connectivity index (χ0v) is 9.60. The highest BCUT2D eigenvalue weighted by Crippen LogP contribution is 2.11. The van der Waals surface area contributed by atoms with E-state index in [0.717, 1.165) is 12.1 Å². The third kappa shape index (κ3) is 3.17.